The van der Waals surface area contributed by atoms with Gasteiger partial charge in [0.05, 0.1) is 11.4 Å². The lowest BCUT2D eigenvalue weighted by Crippen LogP contribution is -2.33. The van der Waals surface area contributed by atoms with Gasteiger partial charge in [0.25, 0.3) is 0 Å². The van der Waals surface area contributed by atoms with Crippen molar-refractivity contribution < 1.29 is 22.5 Å². The van der Waals surface area contributed by atoms with Crippen molar-refractivity contribution in [2.45, 2.75) is 0 Å². The van der Waals surface area contributed by atoms with E-state index in [0.29, 0.717) is 17.4 Å². The first-order chi connectivity index (χ1) is 6.36. The molecule has 0 aliphatic heterocycles. The van der Waals surface area contributed by atoms with E-state index < -0.39 is 22.7 Å². The molecule has 78 valence electrons. The second kappa shape index (κ2) is 3.82. The number of ether oxygens (including phenoxy) is 1. The highest BCUT2D eigenvalue weighted by atomic mass is 35.5. The Bertz CT molecular complexity index is 362. The molecular weight excluding hydrogens is 239 g/mol. The summed E-state index contributed by atoms with van der Waals surface area (Å²) in [7, 11) is 1.09. The molecule has 0 radical (unpaired) electrons. The van der Waals surface area contributed by atoms with Crippen LogP contribution in [0.5, 0.6) is 0 Å². The van der Waals surface area contributed by atoms with Crippen LogP contribution in [0, 0.1) is 0 Å². The molecule has 0 fully saturated rings. The first kappa shape index (κ1) is 11.4. The lowest BCUT2D eigenvalue weighted by molar-refractivity contribution is 0.0606. The lowest BCUT2D eigenvalue weighted by atomic mass is 9.82. The minimum atomic E-state index is -5.17. The Morgan fingerprint density at radius 1 is 1.57 bits per heavy atom. The zero-order valence-corrected chi connectivity index (χ0v) is 8.46. The fourth-order valence-electron chi connectivity index (χ4n) is 0.807. The summed E-state index contributed by atoms with van der Waals surface area (Å²) in [4.78, 5) is 10.7. The maximum atomic E-state index is 12.3. The van der Waals surface area contributed by atoms with E-state index in [1.165, 1.54) is 0 Å². The molecule has 1 aromatic heterocycles. The minimum absolute atomic E-state index is 0.147. The number of esters is 1. The predicted octanol–water partition coefficient (Wildman–Crippen LogP) is 2.24. The third-order valence-corrected chi connectivity index (χ3v) is 2.82. The average Bonchev–Trinajstić information content (AvgIpc) is 2.45. The molecule has 0 N–H and O–H groups in total. The number of thiophene rings is 1. The van der Waals surface area contributed by atoms with Gasteiger partial charge in [-0.2, -0.15) is 0 Å². The van der Waals surface area contributed by atoms with Gasteiger partial charge in [-0.3, -0.25) is 0 Å². The second-order valence-electron chi connectivity index (χ2n) is 2.41. The number of hydrogen-bond acceptors (Lipinski definition) is 3. The quantitative estimate of drug-likeness (QED) is 0.588. The Kier molecular flexibility index (Phi) is 3.11. The van der Waals surface area contributed by atoms with Crippen LogP contribution < -0.4 is 5.46 Å². The molecule has 0 unspecified atom stereocenters. The van der Waals surface area contributed by atoms with Crippen LogP contribution in [0.4, 0.5) is 12.9 Å². The molecule has 2 nitrogen and oxygen atoms in total. The van der Waals surface area contributed by atoms with Gasteiger partial charge in [0, 0.05) is 0 Å². The van der Waals surface area contributed by atoms with Gasteiger partial charge in [0.15, 0.2) is 0 Å². The number of rotatable bonds is 2. The molecule has 8 heteroatoms. The molecule has 0 atom stereocenters. The second-order valence-corrected chi connectivity index (χ2v) is 4.06. The first-order valence-corrected chi connectivity index (χ1v) is 4.63. The van der Waals surface area contributed by atoms with Crippen LogP contribution >= 0.6 is 22.9 Å². The standard InChI is InChI=1S/C6H4BClF3O2S/c1-13-6(12)4-2-3(5(8)14-4)7(9,10)11/h2H,1H3/q-1. The van der Waals surface area contributed by atoms with Crippen LogP contribution in [0.1, 0.15) is 9.67 Å². The summed E-state index contributed by atoms with van der Waals surface area (Å²) in [5, 5.41) is 0. The molecule has 0 aliphatic carbocycles. The zero-order valence-electron chi connectivity index (χ0n) is 6.89. The van der Waals surface area contributed by atoms with Crippen molar-refractivity contribution >= 4 is 41.3 Å². The van der Waals surface area contributed by atoms with Gasteiger partial charge in [-0.15, -0.1) is 11.3 Å². The predicted molar refractivity (Wildman–Crippen MR) is 49.4 cm³/mol. The molecule has 0 aromatic carbocycles. The Morgan fingerprint density at radius 2 is 2.14 bits per heavy atom. The molecule has 0 saturated heterocycles. The van der Waals surface area contributed by atoms with Crippen molar-refractivity contribution in [3.8, 4) is 0 Å². The van der Waals surface area contributed by atoms with Gasteiger partial charge in [-0.25, -0.2) is 4.79 Å². The van der Waals surface area contributed by atoms with Crippen LogP contribution in [-0.4, -0.2) is 20.1 Å². The van der Waals surface area contributed by atoms with Crippen LogP contribution in [0.15, 0.2) is 6.07 Å². The monoisotopic (exact) mass is 243 g/mol. The number of carbonyl (C=O) groups is 1. The van der Waals surface area contributed by atoms with Crippen molar-refractivity contribution in [1.82, 2.24) is 0 Å². The smallest absolute Gasteiger partial charge is 0.465 e. The SMILES string of the molecule is COC(=O)c1cc([B-](F)(F)F)c(Cl)s1. The Labute approximate surface area is 86.7 Å². The maximum absolute atomic E-state index is 12.3. The Balaban J connectivity index is 3.12. The molecule has 0 spiro atoms. The van der Waals surface area contributed by atoms with Crippen LogP contribution in [0.3, 0.4) is 0 Å². The molecule has 1 rings (SSSR count). The third kappa shape index (κ3) is 2.21. The summed E-state index contributed by atoms with van der Waals surface area (Å²) >= 11 is 5.90. The van der Waals surface area contributed by atoms with E-state index in [4.69, 9.17) is 11.6 Å². The van der Waals surface area contributed by atoms with Gasteiger partial charge in [0.2, 0.25) is 0 Å². The number of hydrogen-bond donors (Lipinski definition) is 0. The highest BCUT2D eigenvalue weighted by molar-refractivity contribution is 7.19. The van der Waals surface area contributed by atoms with Crippen molar-refractivity contribution in [1.29, 1.82) is 0 Å². The van der Waals surface area contributed by atoms with Crippen molar-refractivity contribution in [3.63, 3.8) is 0 Å². The third-order valence-electron chi connectivity index (χ3n) is 1.45. The van der Waals surface area contributed by atoms with Gasteiger partial charge in [-0.1, -0.05) is 23.1 Å². The summed E-state index contributed by atoms with van der Waals surface area (Å²) in [6.07, 6.45) is 0. The van der Waals surface area contributed by atoms with E-state index in [9.17, 15) is 17.7 Å². The highest BCUT2D eigenvalue weighted by Gasteiger charge is 2.31. The van der Waals surface area contributed by atoms with E-state index in [-0.39, 0.29) is 4.88 Å². The van der Waals surface area contributed by atoms with E-state index in [0.717, 1.165) is 7.11 Å². The molecule has 1 heterocycles. The molecule has 0 bridgehead atoms. The Hall–Kier alpha value is -0.685. The van der Waals surface area contributed by atoms with E-state index in [2.05, 4.69) is 4.74 Å². The topological polar surface area (TPSA) is 26.3 Å². The fraction of sp³-hybridized carbons (Fsp3) is 0.167. The van der Waals surface area contributed by atoms with Crippen molar-refractivity contribution in [2.75, 3.05) is 7.11 Å². The Morgan fingerprint density at radius 3 is 2.50 bits per heavy atom. The molecular formula is C6H4BClF3O2S-. The molecule has 14 heavy (non-hydrogen) atoms. The summed E-state index contributed by atoms with van der Waals surface area (Å²) in [6.45, 7) is -5.17. The number of carbonyl (C=O) groups excluding carboxylic acids is 1. The molecule has 1 aromatic rings. The van der Waals surface area contributed by atoms with Crippen LogP contribution in [0.2, 0.25) is 4.34 Å². The normalized spacial score (nSPS) is 11.5. The minimum Gasteiger partial charge on any atom is -0.465 e. The fourth-order valence-corrected chi connectivity index (χ4v) is 2.09. The molecule has 0 saturated carbocycles. The molecule has 0 aliphatic rings. The maximum Gasteiger partial charge on any atom is 0.511 e. The van der Waals surface area contributed by atoms with Crippen LogP contribution in [0.25, 0.3) is 0 Å². The van der Waals surface area contributed by atoms with Gasteiger partial charge in [0.1, 0.15) is 4.88 Å². The lowest BCUT2D eigenvalue weighted by Gasteiger charge is -2.11. The van der Waals surface area contributed by atoms with E-state index >= 15 is 0 Å². The highest BCUT2D eigenvalue weighted by Crippen LogP contribution is 2.25. The summed E-state index contributed by atoms with van der Waals surface area (Å²) in [5.41, 5.74) is -0.947. The largest absolute Gasteiger partial charge is 0.511 e. The first-order valence-electron chi connectivity index (χ1n) is 3.43. The van der Waals surface area contributed by atoms with E-state index in [1.54, 1.807) is 0 Å². The van der Waals surface area contributed by atoms with E-state index in [1.807, 2.05) is 0 Å². The van der Waals surface area contributed by atoms with Crippen molar-refractivity contribution in [3.05, 3.63) is 15.3 Å². The van der Waals surface area contributed by atoms with Gasteiger partial charge < -0.3 is 17.7 Å². The summed E-state index contributed by atoms with van der Waals surface area (Å²) < 4.78 is 40.6. The van der Waals surface area contributed by atoms with Gasteiger partial charge >= 0.3 is 12.9 Å². The van der Waals surface area contributed by atoms with Gasteiger partial charge in [-0.05, 0) is 0 Å². The average molecular weight is 243 g/mol. The molecule has 0 amide bonds. The summed E-state index contributed by atoms with van der Waals surface area (Å²) in [5.74, 6) is -0.816. The van der Waals surface area contributed by atoms with Crippen LogP contribution in [-0.2, 0) is 4.74 Å². The number of methoxy groups -OCH3 is 1. The summed E-state index contributed by atoms with van der Waals surface area (Å²) in [6, 6.07) is 0.707. The van der Waals surface area contributed by atoms with Crippen molar-refractivity contribution in [2.24, 2.45) is 0 Å². The number of halogens is 4. The zero-order chi connectivity index (χ0) is 10.9.